The van der Waals surface area contributed by atoms with Crippen molar-refractivity contribution in [2.75, 3.05) is 0 Å². The monoisotopic (exact) mass is 470 g/mol. The average molecular weight is 471 g/mol. The molecular weight excluding hydrogens is 451 g/mol. The lowest BCUT2D eigenvalue weighted by atomic mass is 10.2. The fourth-order valence-electron chi connectivity index (χ4n) is 3.69. The van der Waals surface area contributed by atoms with Crippen LogP contribution in [0.25, 0.3) is 10.9 Å². The zero-order chi connectivity index (χ0) is 23.0. The molecule has 0 fully saturated rings. The van der Waals surface area contributed by atoms with Crippen LogP contribution >= 0.6 is 11.6 Å². The van der Waals surface area contributed by atoms with Crippen LogP contribution in [0.5, 0.6) is 0 Å². The third kappa shape index (κ3) is 4.13. The van der Waals surface area contributed by atoms with Crippen molar-refractivity contribution in [3.8, 4) is 0 Å². The number of aryl methyl sites for hydroxylation is 2. The molecule has 0 unspecified atom stereocenters. The normalized spacial score (nSPS) is 11.6. The van der Waals surface area contributed by atoms with Crippen LogP contribution in [0.2, 0.25) is 5.02 Å². The Labute approximate surface area is 190 Å². The molecule has 0 saturated carbocycles. The SMILES string of the molecule is Cc1cc(C)cc(S(=O)(=O)c2c(C(=O)NCc3ccccc3F)[nH]c3ccc(Cl)cc23)c1. The first-order valence-corrected chi connectivity index (χ1v) is 11.7. The van der Waals surface area contributed by atoms with Gasteiger partial charge in [0.25, 0.3) is 5.91 Å². The molecule has 1 heterocycles. The second-order valence-electron chi connectivity index (χ2n) is 7.62. The molecule has 2 N–H and O–H groups in total. The summed E-state index contributed by atoms with van der Waals surface area (Å²) < 4.78 is 41.3. The van der Waals surface area contributed by atoms with Crippen LogP contribution in [0.3, 0.4) is 0 Å². The smallest absolute Gasteiger partial charge is 0.269 e. The summed E-state index contributed by atoms with van der Waals surface area (Å²) in [5, 5.41) is 3.26. The summed E-state index contributed by atoms with van der Waals surface area (Å²) in [5.74, 6) is -1.12. The van der Waals surface area contributed by atoms with Gasteiger partial charge in [0.1, 0.15) is 16.4 Å². The first kappa shape index (κ1) is 22.0. The van der Waals surface area contributed by atoms with Gasteiger partial charge in [-0.3, -0.25) is 4.79 Å². The van der Waals surface area contributed by atoms with Gasteiger partial charge >= 0.3 is 0 Å². The topological polar surface area (TPSA) is 79.0 Å². The summed E-state index contributed by atoms with van der Waals surface area (Å²) >= 11 is 6.13. The maximum atomic E-state index is 14.0. The van der Waals surface area contributed by atoms with Crippen molar-refractivity contribution in [1.82, 2.24) is 10.3 Å². The zero-order valence-electron chi connectivity index (χ0n) is 17.4. The quantitative estimate of drug-likeness (QED) is 0.413. The van der Waals surface area contributed by atoms with Crippen LogP contribution in [0, 0.1) is 19.7 Å². The number of hydrogen-bond acceptors (Lipinski definition) is 3. The summed E-state index contributed by atoms with van der Waals surface area (Å²) in [4.78, 5) is 15.9. The highest BCUT2D eigenvalue weighted by Gasteiger charge is 2.30. The minimum absolute atomic E-state index is 0.0824. The molecule has 0 aliphatic rings. The van der Waals surface area contributed by atoms with Crippen molar-refractivity contribution >= 4 is 38.2 Å². The van der Waals surface area contributed by atoms with E-state index in [4.69, 9.17) is 11.6 Å². The Bertz CT molecular complexity index is 1440. The predicted molar refractivity (Wildman–Crippen MR) is 122 cm³/mol. The van der Waals surface area contributed by atoms with Gasteiger partial charge in [0, 0.05) is 28.0 Å². The van der Waals surface area contributed by atoms with Crippen molar-refractivity contribution < 1.29 is 17.6 Å². The van der Waals surface area contributed by atoms with Crippen molar-refractivity contribution in [2.24, 2.45) is 0 Å². The Morgan fingerprint density at radius 3 is 2.41 bits per heavy atom. The van der Waals surface area contributed by atoms with E-state index < -0.39 is 21.6 Å². The van der Waals surface area contributed by atoms with Crippen LogP contribution < -0.4 is 5.32 Å². The lowest BCUT2D eigenvalue weighted by molar-refractivity contribution is 0.0943. The molecule has 1 amide bonds. The molecule has 0 saturated heterocycles. The highest BCUT2D eigenvalue weighted by atomic mass is 35.5. The molecule has 1 aromatic heterocycles. The number of carbonyl (C=O) groups is 1. The van der Waals surface area contributed by atoms with Gasteiger partial charge in [0.2, 0.25) is 9.84 Å². The number of benzene rings is 3. The van der Waals surface area contributed by atoms with Crippen molar-refractivity contribution in [3.63, 3.8) is 0 Å². The molecule has 5 nitrogen and oxygen atoms in total. The van der Waals surface area contributed by atoms with E-state index in [1.807, 2.05) is 6.07 Å². The Morgan fingerprint density at radius 2 is 1.72 bits per heavy atom. The molecule has 0 bridgehead atoms. The van der Waals surface area contributed by atoms with Crippen LogP contribution in [0.1, 0.15) is 27.2 Å². The van der Waals surface area contributed by atoms with Gasteiger partial charge in [0.15, 0.2) is 0 Å². The summed E-state index contributed by atoms with van der Waals surface area (Å²) in [6.45, 7) is 3.52. The van der Waals surface area contributed by atoms with E-state index in [1.165, 1.54) is 12.1 Å². The number of H-pyrrole nitrogens is 1. The maximum absolute atomic E-state index is 14.0. The molecule has 0 aliphatic carbocycles. The van der Waals surface area contributed by atoms with E-state index in [0.717, 1.165) is 11.1 Å². The standard InChI is InChI=1S/C24H20ClFN2O3S/c1-14-9-15(2)11-18(10-14)32(30,31)23-19-12-17(25)7-8-21(19)28-22(23)24(29)27-13-16-5-3-4-6-20(16)26/h3-12,28H,13H2,1-2H3,(H,27,29). The maximum Gasteiger partial charge on any atom is 0.269 e. The lowest BCUT2D eigenvalue weighted by Gasteiger charge is -2.10. The van der Waals surface area contributed by atoms with Gasteiger partial charge in [-0.25, -0.2) is 12.8 Å². The fourth-order valence-corrected chi connectivity index (χ4v) is 5.65. The number of aromatic amines is 1. The second-order valence-corrected chi connectivity index (χ2v) is 9.94. The molecule has 0 radical (unpaired) electrons. The molecule has 4 rings (SSSR count). The van der Waals surface area contributed by atoms with Crippen molar-refractivity contribution in [2.45, 2.75) is 30.2 Å². The molecule has 164 valence electrons. The first-order chi connectivity index (χ1) is 15.2. The van der Waals surface area contributed by atoms with E-state index in [2.05, 4.69) is 10.3 Å². The molecule has 3 aromatic carbocycles. The van der Waals surface area contributed by atoms with Crippen LogP contribution in [0.4, 0.5) is 4.39 Å². The number of sulfone groups is 1. The molecule has 8 heteroatoms. The number of halogens is 2. The van der Waals surface area contributed by atoms with E-state index in [9.17, 15) is 17.6 Å². The molecule has 0 aliphatic heterocycles. The van der Waals surface area contributed by atoms with Gasteiger partial charge in [-0.05, 0) is 61.4 Å². The third-order valence-corrected chi connectivity index (χ3v) is 7.16. The van der Waals surface area contributed by atoms with Gasteiger partial charge < -0.3 is 10.3 Å². The third-order valence-electron chi connectivity index (χ3n) is 5.11. The molecule has 0 spiro atoms. The number of fused-ring (bicyclic) bond motifs is 1. The van der Waals surface area contributed by atoms with E-state index in [0.29, 0.717) is 21.5 Å². The number of carbonyl (C=O) groups excluding carboxylic acids is 1. The Morgan fingerprint density at radius 1 is 1.03 bits per heavy atom. The number of rotatable bonds is 5. The Balaban J connectivity index is 1.84. The minimum Gasteiger partial charge on any atom is -0.349 e. The number of aromatic nitrogens is 1. The number of nitrogens with one attached hydrogen (secondary N) is 2. The van der Waals surface area contributed by atoms with Gasteiger partial charge in [-0.1, -0.05) is 35.9 Å². The Hall–Kier alpha value is -3.16. The lowest BCUT2D eigenvalue weighted by Crippen LogP contribution is -2.25. The Kier molecular flexibility index (Phi) is 5.79. The second kappa shape index (κ2) is 8.41. The van der Waals surface area contributed by atoms with Crippen LogP contribution in [0.15, 0.2) is 70.5 Å². The van der Waals surface area contributed by atoms with Crippen LogP contribution in [-0.4, -0.2) is 19.3 Å². The summed E-state index contributed by atoms with van der Waals surface area (Å²) in [7, 11) is -4.08. The summed E-state index contributed by atoms with van der Waals surface area (Å²) in [6, 6.07) is 15.8. The van der Waals surface area contributed by atoms with E-state index >= 15 is 0 Å². The van der Waals surface area contributed by atoms with E-state index in [-0.39, 0.29) is 22.0 Å². The van der Waals surface area contributed by atoms with Crippen LogP contribution in [-0.2, 0) is 16.4 Å². The number of hydrogen-bond donors (Lipinski definition) is 2. The number of amides is 1. The molecule has 32 heavy (non-hydrogen) atoms. The molecule has 4 aromatic rings. The highest BCUT2D eigenvalue weighted by molar-refractivity contribution is 7.91. The van der Waals surface area contributed by atoms with Gasteiger partial charge in [0.05, 0.1) is 4.90 Å². The van der Waals surface area contributed by atoms with Crippen molar-refractivity contribution in [3.05, 3.63) is 93.9 Å². The molecular formula is C24H20ClFN2O3S. The largest absolute Gasteiger partial charge is 0.349 e. The molecule has 0 atom stereocenters. The fraction of sp³-hybridized carbons (Fsp3) is 0.125. The summed E-state index contributed by atoms with van der Waals surface area (Å²) in [5.41, 5.74) is 2.18. The average Bonchev–Trinajstić information content (AvgIpc) is 3.11. The first-order valence-electron chi connectivity index (χ1n) is 9.83. The summed E-state index contributed by atoms with van der Waals surface area (Å²) in [6.07, 6.45) is 0. The van der Waals surface area contributed by atoms with E-state index in [1.54, 1.807) is 56.3 Å². The highest BCUT2D eigenvalue weighted by Crippen LogP contribution is 2.34. The van der Waals surface area contributed by atoms with Crippen molar-refractivity contribution in [1.29, 1.82) is 0 Å². The van der Waals surface area contributed by atoms with Gasteiger partial charge in [-0.2, -0.15) is 0 Å². The van der Waals surface area contributed by atoms with Gasteiger partial charge in [-0.15, -0.1) is 0 Å². The minimum atomic E-state index is -4.08. The zero-order valence-corrected chi connectivity index (χ0v) is 18.9. The predicted octanol–water partition coefficient (Wildman–Crippen LogP) is 5.34.